The van der Waals surface area contributed by atoms with E-state index in [-0.39, 0.29) is 4.75 Å². The van der Waals surface area contributed by atoms with Gasteiger partial charge < -0.3 is 0 Å². The lowest BCUT2D eigenvalue weighted by atomic mass is 10.3. The van der Waals surface area contributed by atoms with Crippen LogP contribution >= 0.6 is 11.9 Å². The van der Waals surface area contributed by atoms with E-state index in [4.69, 9.17) is 0 Å². The van der Waals surface area contributed by atoms with Crippen LogP contribution in [-0.2, 0) is 10.0 Å². The van der Waals surface area contributed by atoms with Gasteiger partial charge in [0.1, 0.15) is 0 Å². The molecule has 0 spiro atoms. The highest BCUT2D eigenvalue weighted by Crippen LogP contribution is 2.21. The average Bonchev–Trinajstić information content (AvgIpc) is 1.57. The summed E-state index contributed by atoms with van der Waals surface area (Å²) in [6, 6.07) is 0. The molecule has 0 aromatic rings. The smallest absolute Gasteiger partial charge is 0.210 e. The maximum absolute atomic E-state index is 10.5. The van der Waals surface area contributed by atoms with Crippen LogP contribution in [0.3, 0.4) is 0 Å². The molecule has 0 heterocycles. The Morgan fingerprint density at radius 1 is 1.30 bits per heavy atom. The summed E-state index contributed by atoms with van der Waals surface area (Å²) < 4.78 is 24.3. The van der Waals surface area contributed by atoms with Crippen LogP contribution in [0.2, 0.25) is 0 Å². The molecule has 10 heavy (non-hydrogen) atoms. The number of rotatable bonds is 2. The fraction of sp³-hybridized carbons (Fsp3) is 1.00. The van der Waals surface area contributed by atoms with Crippen molar-refractivity contribution in [3.05, 3.63) is 0 Å². The van der Waals surface area contributed by atoms with E-state index in [9.17, 15) is 8.42 Å². The highest BCUT2D eigenvalue weighted by Gasteiger charge is 2.15. The molecular formula is C5H12NO2S2. The molecule has 0 saturated heterocycles. The van der Waals surface area contributed by atoms with Gasteiger partial charge in [-0.15, -0.1) is 0 Å². The number of nitrogens with zero attached hydrogens (tertiary/aromatic N) is 1. The zero-order valence-electron chi connectivity index (χ0n) is 6.58. The molecule has 0 aliphatic rings. The third kappa shape index (κ3) is 8.26. The topological polar surface area (TPSA) is 48.2 Å². The number of hydrogen-bond acceptors (Lipinski definition) is 3. The summed E-state index contributed by atoms with van der Waals surface area (Å²) in [6.45, 7) is 5.73. The van der Waals surface area contributed by atoms with E-state index < -0.39 is 10.0 Å². The van der Waals surface area contributed by atoms with Crippen LogP contribution in [0.1, 0.15) is 20.8 Å². The Balaban J connectivity index is 3.79. The van der Waals surface area contributed by atoms with Crippen molar-refractivity contribution in [2.45, 2.75) is 25.5 Å². The molecule has 0 aliphatic heterocycles. The molecule has 0 N–H and O–H groups in total. The summed E-state index contributed by atoms with van der Waals surface area (Å²) in [5.74, 6) is 0. The maximum Gasteiger partial charge on any atom is 0.235 e. The molecular weight excluding hydrogens is 170 g/mol. The predicted molar refractivity (Wildman–Crippen MR) is 44.3 cm³/mol. The number of sulfonamides is 1. The van der Waals surface area contributed by atoms with Gasteiger partial charge in [-0.25, -0.2) is 8.42 Å². The Bertz CT molecular complexity index is 190. The molecule has 0 aliphatic carbocycles. The summed E-state index contributed by atoms with van der Waals surface area (Å²) in [7, 11) is -3.17. The second kappa shape index (κ2) is 3.11. The fourth-order valence-electron chi connectivity index (χ4n) is 0.180. The van der Waals surface area contributed by atoms with Crippen LogP contribution in [-0.4, -0.2) is 19.4 Å². The van der Waals surface area contributed by atoms with Gasteiger partial charge in [-0.05, 0) is 32.7 Å². The molecule has 1 radical (unpaired) electrons. The lowest BCUT2D eigenvalue weighted by Crippen LogP contribution is -2.16. The molecule has 5 heteroatoms. The summed E-state index contributed by atoms with van der Waals surface area (Å²) in [6.07, 6.45) is 1.09. The minimum Gasteiger partial charge on any atom is -0.210 e. The van der Waals surface area contributed by atoms with Gasteiger partial charge >= 0.3 is 0 Å². The van der Waals surface area contributed by atoms with Gasteiger partial charge in [-0.1, -0.05) is 4.13 Å². The minimum absolute atomic E-state index is 0.122. The molecule has 0 amide bonds. The molecule has 61 valence electrons. The SMILES string of the molecule is CC(C)(C)S[N]S(C)(=O)=O. The predicted octanol–water partition coefficient (Wildman–Crippen LogP) is 0.997. The Morgan fingerprint density at radius 2 is 1.70 bits per heavy atom. The minimum atomic E-state index is -3.17. The first-order chi connectivity index (χ1) is 4.21. The summed E-state index contributed by atoms with van der Waals surface area (Å²) in [4.78, 5) is 0. The Labute approximate surface area is 66.8 Å². The molecule has 0 unspecified atom stereocenters. The van der Waals surface area contributed by atoms with Crippen molar-refractivity contribution in [3.63, 3.8) is 0 Å². The van der Waals surface area contributed by atoms with E-state index in [1.807, 2.05) is 20.8 Å². The summed E-state index contributed by atoms with van der Waals surface area (Å²) in [5.41, 5.74) is 0. The van der Waals surface area contributed by atoms with E-state index in [2.05, 4.69) is 4.13 Å². The van der Waals surface area contributed by atoms with Gasteiger partial charge in [-0.2, -0.15) is 0 Å². The second-order valence-corrected chi connectivity index (χ2v) is 6.48. The monoisotopic (exact) mass is 182 g/mol. The summed E-state index contributed by atoms with van der Waals surface area (Å²) >= 11 is 1.08. The van der Waals surface area contributed by atoms with Gasteiger partial charge in [0.2, 0.25) is 10.0 Å². The van der Waals surface area contributed by atoms with Crippen molar-refractivity contribution >= 4 is 22.0 Å². The molecule has 0 bridgehead atoms. The van der Waals surface area contributed by atoms with Crippen LogP contribution < -0.4 is 4.13 Å². The molecule has 0 atom stereocenters. The first-order valence-electron chi connectivity index (χ1n) is 2.81. The first-order valence-corrected chi connectivity index (χ1v) is 5.43. The van der Waals surface area contributed by atoms with Crippen molar-refractivity contribution in [1.29, 1.82) is 0 Å². The third-order valence-corrected chi connectivity index (χ3v) is 2.38. The van der Waals surface area contributed by atoms with Crippen molar-refractivity contribution in [1.82, 2.24) is 4.13 Å². The maximum atomic E-state index is 10.5. The van der Waals surface area contributed by atoms with E-state index in [1.165, 1.54) is 0 Å². The van der Waals surface area contributed by atoms with Crippen molar-refractivity contribution in [3.8, 4) is 0 Å². The quantitative estimate of drug-likeness (QED) is 0.598. The molecule has 0 rings (SSSR count). The molecule has 0 aromatic carbocycles. The Hall–Kier alpha value is 0.260. The van der Waals surface area contributed by atoms with Crippen LogP contribution in [0.4, 0.5) is 0 Å². The van der Waals surface area contributed by atoms with Gasteiger partial charge in [-0.3, -0.25) is 0 Å². The van der Waals surface area contributed by atoms with Crippen molar-refractivity contribution in [2.75, 3.05) is 6.26 Å². The zero-order chi connectivity index (χ0) is 8.41. The molecule has 3 nitrogen and oxygen atoms in total. The zero-order valence-corrected chi connectivity index (χ0v) is 8.21. The summed E-state index contributed by atoms with van der Waals surface area (Å²) in [5, 5.41) is 0. The largest absolute Gasteiger partial charge is 0.235 e. The van der Waals surface area contributed by atoms with Gasteiger partial charge in [0, 0.05) is 4.75 Å². The van der Waals surface area contributed by atoms with E-state index >= 15 is 0 Å². The highest BCUT2D eigenvalue weighted by molar-refractivity contribution is 8.09. The van der Waals surface area contributed by atoms with Crippen LogP contribution in [0.15, 0.2) is 0 Å². The van der Waals surface area contributed by atoms with E-state index in [0.29, 0.717) is 0 Å². The molecule has 0 aromatic heterocycles. The van der Waals surface area contributed by atoms with E-state index in [0.717, 1.165) is 18.2 Å². The average molecular weight is 182 g/mol. The van der Waals surface area contributed by atoms with E-state index in [1.54, 1.807) is 0 Å². The standard InChI is InChI=1S/C5H12NO2S2/c1-5(2,3)9-6-10(4,7)8/h1-4H3. The Morgan fingerprint density at radius 3 is 1.80 bits per heavy atom. The lowest BCUT2D eigenvalue weighted by Gasteiger charge is -2.14. The molecule has 0 fully saturated rings. The van der Waals surface area contributed by atoms with Crippen molar-refractivity contribution in [2.24, 2.45) is 0 Å². The normalized spacial score (nSPS) is 13.6. The van der Waals surface area contributed by atoms with Crippen molar-refractivity contribution < 1.29 is 8.42 Å². The highest BCUT2D eigenvalue weighted by atomic mass is 32.3. The van der Waals surface area contributed by atoms with Crippen LogP contribution in [0.25, 0.3) is 0 Å². The van der Waals surface area contributed by atoms with Crippen LogP contribution in [0, 0.1) is 0 Å². The second-order valence-electron chi connectivity index (χ2n) is 3.01. The molecule has 0 saturated carbocycles. The van der Waals surface area contributed by atoms with Gasteiger partial charge in [0.25, 0.3) is 0 Å². The Kier molecular flexibility index (Phi) is 3.19. The van der Waals surface area contributed by atoms with Gasteiger partial charge in [0.15, 0.2) is 0 Å². The van der Waals surface area contributed by atoms with Crippen LogP contribution in [0.5, 0.6) is 0 Å². The van der Waals surface area contributed by atoms with Gasteiger partial charge in [0.05, 0.1) is 6.26 Å². The first kappa shape index (κ1) is 10.3. The third-order valence-electron chi connectivity index (χ3n) is 0.447. The lowest BCUT2D eigenvalue weighted by molar-refractivity contribution is 0.599. The number of hydrogen-bond donors (Lipinski definition) is 0. The fourth-order valence-corrected chi connectivity index (χ4v) is 1.62.